The quantitative estimate of drug-likeness (QED) is 0.722. The fourth-order valence-electron chi connectivity index (χ4n) is 2.36. The van der Waals surface area contributed by atoms with E-state index in [-0.39, 0.29) is 0 Å². The lowest BCUT2D eigenvalue weighted by Crippen LogP contribution is -1.94. The Bertz CT molecular complexity index is 582. The second-order valence-electron chi connectivity index (χ2n) is 5.49. The maximum atomic E-state index is 10.9. The van der Waals surface area contributed by atoms with Crippen LogP contribution in [0.25, 0.3) is 11.1 Å². The van der Waals surface area contributed by atoms with Gasteiger partial charge in [-0.1, -0.05) is 50.2 Å². The van der Waals surface area contributed by atoms with Gasteiger partial charge in [0.15, 0.2) is 0 Å². The lowest BCUT2D eigenvalue weighted by molar-refractivity contribution is 0.112. The largest absolute Gasteiger partial charge is 0.298 e. The molecule has 2 aromatic rings. The summed E-state index contributed by atoms with van der Waals surface area (Å²) in [4.78, 5) is 10.9. The van der Waals surface area contributed by atoms with Gasteiger partial charge in [-0.2, -0.15) is 0 Å². The summed E-state index contributed by atoms with van der Waals surface area (Å²) >= 11 is 0. The predicted molar refractivity (Wildman–Crippen MR) is 80.5 cm³/mol. The van der Waals surface area contributed by atoms with Crippen LogP contribution in [0.3, 0.4) is 0 Å². The molecule has 0 fully saturated rings. The van der Waals surface area contributed by atoms with Crippen molar-refractivity contribution in [3.63, 3.8) is 0 Å². The summed E-state index contributed by atoms with van der Waals surface area (Å²) in [6.45, 7) is 6.54. The van der Waals surface area contributed by atoms with E-state index >= 15 is 0 Å². The Morgan fingerprint density at radius 2 is 1.89 bits per heavy atom. The molecule has 0 bridgehead atoms. The van der Waals surface area contributed by atoms with Gasteiger partial charge in [-0.05, 0) is 47.6 Å². The molecule has 0 spiro atoms. The zero-order chi connectivity index (χ0) is 13.8. The van der Waals surface area contributed by atoms with Gasteiger partial charge in [0.2, 0.25) is 0 Å². The van der Waals surface area contributed by atoms with Crippen molar-refractivity contribution in [2.24, 2.45) is 5.92 Å². The van der Waals surface area contributed by atoms with Crippen LogP contribution in [0.1, 0.15) is 35.3 Å². The van der Waals surface area contributed by atoms with E-state index in [0.717, 1.165) is 23.8 Å². The van der Waals surface area contributed by atoms with E-state index in [0.29, 0.717) is 5.92 Å². The average Bonchev–Trinajstić information content (AvgIpc) is 2.39. The van der Waals surface area contributed by atoms with Gasteiger partial charge in [-0.25, -0.2) is 0 Å². The Hall–Kier alpha value is -1.89. The van der Waals surface area contributed by atoms with Crippen LogP contribution in [0.15, 0.2) is 42.5 Å². The molecule has 19 heavy (non-hydrogen) atoms. The number of hydrogen-bond acceptors (Lipinski definition) is 1. The highest BCUT2D eigenvalue weighted by atomic mass is 16.1. The van der Waals surface area contributed by atoms with Crippen LogP contribution in [0.2, 0.25) is 0 Å². The second kappa shape index (κ2) is 5.83. The van der Waals surface area contributed by atoms with Gasteiger partial charge in [-0.15, -0.1) is 0 Å². The van der Waals surface area contributed by atoms with E-state index in [1.54, 1.807) is 0 Å². The van der Waals surface area contributed by atoms with Crippen LogP contribution < -0.4 is 0 Å². The minimum absolute atomic E-state index is 0.651. The van der Waals surface area contributed by atoms with Crippen molar-refractivity contribution in [1.82, 2.24) is 0 Å². The molecule has 1 nitrogen and oxygen atoms in total. The Balaban J connectivity index is 2.43. The summed E-state index contributed by atoms with van der Waals surface area (Å²) < 4.78 is 0. The molecule has 0 aliphatic heterocycles. The lowest BCUT2D eigenvalue weighted by Gasteiger charge is -2.10. The van der Waals surface area contributed by atoms with E-state index in [1.165, 1.54) is 16.7 Å². The van der Waals surface area contributed by atoms with Crippen molar-refractivity contribution in [3.05, 3.63) is 59.2 Å². The molecular formula is C18H20O. The summed E-state index contributed by atoms with van der Waals surface area (Å²) in [6.07, 6.45) is 1.99. The molecule has 2 rings (SSSR count). The predicted octanol–water partition coefficient (Wildman–Crippen LogP) is 4.67. The van der Waals surface area contributed by atoms with Crippen molar-refractivity contribution < 1.29 is 4.79 Å². The first-order valence-electron chi connectivity index (χ1n) is 6.75. The van der Waals surface area contributed by atoms with Crippen molar-refractivity contribution in [2.45, 2.75) is 27.2 Å². The molecule has 0 saturated heterocycles. The zero-order valence-electron chi connectivity index (χ0n) is 11.8. The summed E-state index contributed by atoms with van der Waals surface area (Å²) in [7, 11) is 0. The first-order chi connectivity index (χ1) is 9.10. The first kappa shape index (κ1) is 13.5. The standard InChI is InChI=1S/C18H20O/c1-13(2)9-15-5-4-6-17(10-15)18-11-16(12-19)8-7-14(18)3/h4-8,10-13H,9H2,1-3H3. The summed E-state index contributed by atoms with van der Waals surface area (Å²) in [5.74, 6) is 0.651. The average molecular weight is 252 g/mol. The zero-order valence-corrected chi connectivity index (χ0v) is 11.8. The number of benzene rings is 2. The minimum atomic E-state index is 0.651. The van der Waals surface area contributed by atoms with Gasteiger partial charge in [0.05, 0.1) is 0 Å². The molecule has 0 aromatic heterocycles. The smallest absolute Gasteiger partial charge is 0.150 e. The summed E-state index contributed by atoms with van der Waals surface area (Å²) in [5, 5.41) is 0. The van der Waals surface area contributed by atoms with Gasteiger partial charge >= 0.3 is 0 Å². The van der Waals surface area contributed by atoms with Crippen molar-refractivity contribution in [2.75, 3.05) is 0 Å². The van der Waals surface area contributed by atoms with Gasteiger partial charge in [-0.3, -0.25) is 4.79 Å². The molecule has 98 valence electrons. The maximum Gasteiger partial charge on any atom is 0.150 e. The van der Waals surface area contributed by atoms with E-state index in [4.69, 9.17) is 0 Å². The fourth-order valence-corrected chi connectivity index (χ4v) is 2.36. The van der Waals surface area contributed by atoms with Crippen molar-refractivity contribution >= 4 is 6.29 Å². The summed E-state index contributed by atoms with van der Waals surface area (Å²) in [6, 6.07) is 14.5. The minimum Gasteiger partial charge on any atom is -0.298 e. The molecule has 0 N–H and O–H groups in total. The first-order valence-corrected chi connectivity index (χ1v) is 6.75. The van der Waals surface area contributed by atoms with Gasteiger partial charge in [0.1, 0.15) is 6.29 Å². The van der Waals surface area contributed by atoms with Crippen LogP contribution in [0, 0.1) is 12.8 Å². The Morgan fingerprint density at radius 1 is 1.11 bits per heavy atom. The molecule has 0 aliphatic carbocycles. The highest BCUT2D eigenvalue weighted by Crippen LogP contribution is 2.25. The topological polar surface area (TPSA) is 17.1 Å². The molecule has 1 heteroatoms. The van der Waals surface area contributed by atoms with Crippen molar-refractivity contribution in [1.29, 1.82) is 0 Å². The number of carbonyl (C=O) groups excluding carboxylic acids is 1. The second-order valence-corrected chi connectivity index (χ2v) is 5.49. The Morgan fingerprint density at radius 3 is 2.58 bits per heavy atom. The number of rotatable bonds is 4. The van der Waals surface area contributed by atoms with Gasteiger partial charge in [0.25, 0.3) is 0 Å². The molecule has 0 radical (unpaired) electrons. The van der Waals surface area contributed by atoms with Crippen LogP contribution >= 0.6 is 0 Å². The summed E-state index contributed by atoms with van der Waals surface area (Å²) in [5.41, 5.74) is 5.63. The van der Waals surface area contributed by atoms with Gasteiger partial charge < -0.3 is 0 Å². The molecule has 0 heterocycles. The molecule has 0 atom stereocenters. The number of carbonyl (C=O) groups is 1. The SMILES string of the molecule is Cc1ccc(C=O)cc1-c1cccc(CC(C)C)c1. The Kier molecular flexibility index (Phi) is 4.16. The van der Waals surface area contributed by atoms with Crippen LogP contribution in [0.5, 0.6) is 0 Å². The van der Waals surface area contributed by atoms with Crippen LogP contribution in [-0.4, -0.2) is 6.29 Å². The van der Waals surface area contributed by atoms with Crippen molar-refractivity contribution in [3.8, 4) is 11.1 Å². The number of aldehydes is 1. The fraction of sp³-hybridized carbons (Fsp3) is 0.278. The molecular weight excluding hydrogens is 232 g/mol. The third-order valence-corrected chi connectivity index (χ3v) is 3.28. The lowest BCUT2D eigenvalue weighted by atomic mass is 9.95. The van der Waals surface area contributed by atoms with Gasteiger partial charge in [0, 0.05) is 5.56 Å². The molecule has 2 aromatic carbocycles. The van der Waals surface area contributed by atoms with E-state index in [1.807, 2.05) is 18.2 Å². The molecule has 0 aliphatic rings. The number of aryl methyl sites for hydroxylation is 1. The molecule has 0 unspecified atom stereocenters. The van der Waals surface area contributed by atoms with E-state index < -0.39 is 0 Å². The van der Waals surface area contributed by atoms with E-state index in [2.05, 4.69) is 45.0 Å². The normalized spacial score (nSPS) is 10.7. The van der Waals surface area contributed by atoms with E-state index in [9.17, 15) is 4.79 Å². The highest BCUT2D eigenvalue weighted by Gasteiger charge is 2.05. The van der Waals surface area contributed by atoms with Crippen LogP contribution in [0.4, 0.5) is 0 Å². The molecule has 0 amide bonds. The number of hydrogen-bond donors (Lipinski definition) is 0. The highest BCUT2D eigenvalue weighted by molar-refractivity contribution is 5.80. The molecule has 0 saturated carbocycles. The third kappa shape index (κ3) is 3.31. The maximum absolute atomic E-state index is 10.9. The Labute approximate surface area is 115 Å². The third-order valence-electron chi connectivity index (χ3n) is 3.28. The monoisotopic (exact) mass is 252 g/mol. The van der Waals surface area contributed by atoms with Crippen LogP contribution in [-0.2, 0) is 6.42 Å².